The molecule has 0 spiro atoms. The van der Waals surface area contributed by atoms with E-state index in [0.717, 1.165) is 17.5 Å². The highest BCUT2D eigenvalue weighted by Crippen LogP contribution is 2.44. The Bertz CT molecular complexity index is 891. The zero-order chi connectivity index (χ0) is 19.7. The van der Waals surface area contributed by atoms with Crippen LogP contribution in [0.1, 0.15) is 51.1 Å². The molecule has 2 aromatic rings. The summed E-state index contributed by atoms with van der Waals surface area (Å²) in [6, 6.07) is 13.5. The van der Waals surface area contributed by atoms with Crippen molar-refractivity contribution in [1.29, 1.82) is 0 Å². The topological polar surface area (TPSA) is 76.7 Å². The minimum absolute atomic E-state index is 0.00398. The van der Waals surface area contributed by atoms with Gasteiger partial charge in [0.05, 0.1) is 18.2 Å². The van der Waals surface area contributed by atoms with E-state index in [-0.39, 0.29) is 29.9 Å². The standard InChI is InChI=1S/C22H24N2O4/c1-13-19(14-6-4-3-5-7-14)17-10-15(21(25)24-16-8-9-27-12-16)11-18(20(17)28-13)22(26)23-2/h3-7,10-11,13,16,19H,8-9,12H2,1-2H3,(H,23,26)(H,24,25)/t13-,16?,19+/m1/s1. The lowest BCUT2D eigenvalue weighted by molar-refractivity contribution is 0.0930. The number of carbonyl (C=O) groups is 2. The van der Waals surface area contributed by atoms with Crippen LogP contribution >= 0.6 is 0 Å². The molecule has 1 fully saturated rings. The predicted molar refractivity (Wildman–Crippen MR) is 105 cm³/mol. The molecule has 0 radical (unpaired) electrons. The van der Waals surface area contributed by atoms with Crippen molar-refractivity contribution in [3.63, 3.8) is 0 Å². The number of ether oxygens (including phenoxy) is 2. The van der Waals surface area contributed by atoms with Gasteiger partial charge >= 0.3 is 0 Å². The summed E-state index contributed by atoms with van der Waals surface area (Å²) < 4.78 is 11.4. The highest BCUT2D eigenvalue weighted by molar-refractivity contribution is 6.02. The van der Waals surface area contributed by atoms with Crippen LogP contribution in [-0.4, -0.2) is 44.2 Å². The number of rotatable bonds is 4. The molecule has 0 aromatic heterocycles. The number of fused-ring (bicyclic) bond motifs is 1. The molecule has 6 heteroatoms. The maximum atomic E-state index is 12.8. The van der Waals surface area contributed by atoms with Crippen LogP contribution in [0.3, 0.4) is 0 Å². The molecule has 2 amide bonds. The lowest BCUT2D eigenvalue weighted by Gasteiger charge is -2.16. The second-order valence-electron chi connectivity index (χ2n) is 7.27. The molecule has 2 aliphatic heterocycles. The number of benzene rings is 2. The van der Waals surface area contributed by atoms with E-state index < -0.39 is 0 Å². The number of nitrogens with one attached hydrogen (secondary N) is 2. The van der Waals surface area contributed by atoms with Crippen molar-refractivity contribution in [2.45, 2.75) is 31.4 Å². The number of hydrogen-bond donors (Lipinski definition) is 2. The Kier molecular flexibility index (Phi) is 5.05. The van der Waals surface area contributed by atoms with E-state index in [1.807, 2.05) is 43.3 Å². The van der Waals surface area contributed by atoms with Crippen LogP contribution in [0.5, 0.6) is 5.75 Å². The van der Waals surface area contributed by atoms with Crippen LogP contribution in [0.25, 0.3) is 0 Å². The van der Waals surface area contributed by atoms with Gasteiger partial charge in [-0.25, -0.2) is 0 Å². The summed E-state index contributed by atoms with van der Waals surface area (Å²) in [6.45, 7) is 3.16. The molecule has 2 aromatic carbocycles. The number of hydrogen-bond acceptors (Lipinski definition) is 4. The molecule has 2 heterocycles. The Morgan fingerprint density at radius 3 is 2.57 bits per heavy atom. The first-order chi connectivity index (χ1) is 13.6. The van der Waals surface area contributed by atoms with Crippen LogP contribution in [-0.2, 0) is 4.74 Å². The van der Waals surface area contributed by atoms with E-state index >= 15 is 0 Å². The SMILES string of the molecule is CNC(=O)c1cc(C(=O)NC2CCOC2)cc2c1O[C@H](C)[C@H]2c1ccccc1. The Labute approximate surface area is 164 Å². The summed E-state index contributed by atoms with van der Waals surface area (Å²) in [5.74, 6) is 0.0504. The molecule has 0 bridgehead atoms. The first-order valence-corrected chi connectivity index (χ1v) is 9.58. The fourth-order valence-corrected chi connectivity index (χ4v) is 3.98. The van der Waals surface area contributed by atoms with Gasteiger partial charge in [-0.05, 0) is 31.0 Å². The summed E-state index contributed by atoms with van der Waals surface area (Å²) >= 11 is 0. The van der Waals surface area contributed by atoms with E-state index in [4.69, 9.17) is 9.47 Å². The Balaban J connectivity index is 1.76. The van der Waals surface area contributed by atoms with Gasteiger partial charge in [-0.2, -0.15) is 0 Å². The third-order valence-corrected chi connectivity index (χ3v) is 5.38. The minimum atomic E-state index is -0.268. The zero-order valence-corrected chi connectivity index (χ0v) is 16.0. The maximum absolute atomic E-state index is 12.8. The Hall–Kier alpha value is -2.86. The molecule has 4 rings (SSSR count). The van der Waals surface area contributed by atoms with Gasteiger partial charge in [-0.15, -0.1) is 0 Å². The predicted octanol–water partition coefficient (Wildman–Crippen LogP) is 2.48. The monoisotopic (exact) mass is 380 g/mol. The third-order valence-electron chi connectivity index (χ3n) is 5.38. The molecule has 146 valence electrons. The highest BCUT2D eigenvalue weighted by atomic mass is 16.5. The van der Waals surface area contributed by atoms with Crippen LogP contribution in [0, 0.1) is 0 Å². The van der Waals surface area contributed by atoms with Gasteiger partial charge in [0.2, 0.25) is 0 Å². The van der Waals surface area contributed by atoms with Gasteiger partial charge in [0.25, 0.3) is 11.8 Å². The van der Waals surface area contributed by atoms with Crippen LogP contribution in [0.15, 0.2) is 42.5 Å². The van der Waals surface area contributed by atoms with Gasteiger partial charge in [-0.3, -0.25) is 9.59 Å². The Morgan fingerprint density at radius 1 is 1.11 bits per heavy atom. The zero-order valence-electron chi connectivity index (χ0n) is 16.0. The highest BCUT2D eigenvalue weighted by Gasteiger charge is 2.36. The summed E-state index contributed by atoms with van der Waals surface area (Å²) in [6.07, 6.45) is 0.661. The summed E-state index contributed by atoms with van der Waals surface area (Å²) in [4.78, 5) is 25.3. The van der Waals surface area contributed by atoms with E-state index in [0.29, 0.717) is 30.1 Å². The largest absolute Gasteiger partial charge is 0.489 e. The summed E-state index contributed by atoms with van der Waals surface area (Å²) in [5.41, 5.74) is 2.81. The molecule has 2 N–H and O–H groups in total. The Morgan fingerprint density at radius 2 is 1.89 bits per heavy atom. The second-order valence-corrected chi connectivity index (χ2v) is 7.27. The van der Waals surface area contributed by atoms with E-state index in [2.05, 4.69) is 10.6 Å². The van der Waals surface area contributed by atoms with Gasteiger partial charge in [0, 0.05) is 30.7 Å². The van der Waals surface area contributed by atoms with E-state index in [1.165, 1.54) is 0 Å². The molecule has 3 atom stereocenters. The van der Waals surface area contributed by atoms with Crippen LogP contribution in [0.2, 0.25) is 0 Å². The summed E-state index contributed by atoms with van der Waals surface area (Å²) in [7, 11) is 1.57. The van der Waals surface area contributed by atoms with Crippen molar-refractivity contribution in [3.8, 4) is 5.75 Å². The molecule has 1 saturated heterocycles. The molecular formula is C22H24N2O4. The normalized spacial score (nSPS) is 23.0. The first-order valence-electron chi connectivity index (χ1n) is 9.58. The molecule has 0 saturated carbocycles. The lowest BCUT2D eigenvalue weighted by atomic mass is 9.87. The van der Waals surface area contributed by atoms with Crippen LogP contribution < -0.4 is 15.4 Å². The van der Waals surface area contributed by atoms with Crippen molar-refractivity contribution < 1.29 is 19.1 Å². The number of amides is 2. The second kappa shape index (κ2) is 7.64. The van der Waals surface area contributed by atoms with Crippen molar-refractivity contribution >= 4 is 11.8 Å². The van der Waals surface area contributed by atoms with E-state index in [1.54, 1.807) is 13.1 Å². The van der Waals surface area contributed by atoms with Crippen LogP contribution in [0.4, 0.5) is 0 Å². The molecular weight excluding hydrogens is 356 g/mol. The molecule has 0 aliphatic carbocycles. The smallest absolute Gasteiger partial charge is 0.254 e. The van der Waals surface area contributed by atoms with E-state index in [9.17, 15) is 9.59 Å². The maximum Gasteiger partial charge on any atom is 0.254 e. The third kappa shape index (κ3) is 3.36. The number of carbonyl (C=O) groups excluding carboxylic acids is 2. The van der Waals surface area contributed by atoms with Gasteiger partial charge in [-0.1, -0.05) is 30.3 Å². The molecule has 28 heavy (non-hydrogen) atoms. The average molecular weight is 380 g/mol. The first kappa shape index (κ1) is 18.5. The van der Waals surface area contributed by atoms with Crippen molar-refractivity contribution in [2.24, 2.45) is 0 Å². The average Bonchev–Trinajstić information content (AvgIpc) is 3.33. The van der Waals surface area contributed by atoms with Crippen molar-refractivity contribution in [2.75, 3.05) is 20.3 Å². The van der Waals surface area contributed by atoms with Crippen molar-refractivity contribution in [1.82, 2.24) is 10.6 Å². The fraction of sp³-hybridized carbons (Fsp3) is 0.364. The summed E-state index contributed by atoms with van der Waals surface area (Å²) in [5, 5.41) is 5.65. The van der Waals surface area contributed by atoms with Gasteiger partial charge in [0.15, 0.2) is 0 Å². The molecule has 6 nitrogen and oxygen atoms in total. The molecule has 1 unspecified atom stereocenters. The quantitative estimate of drug-likeness (QED) is 0.854. The minimum Gasteiger partial charge on any atom is -0.489 e. The fourth-order valence-electron chi connectivity index (χ4n) is 3.98. The lowest BCUT2D eigenvalue weighted by Crippen LogP contribution is -2.35. The van der Waals surface area contributed by atoms with Crippen molar-refractivity contribution in [3.05, 3.63) is 64.7 Å². The molecule has 2 aliphatic rings. The van der Waals surface area contributed by atoms with Gasteiger partial charge in [0.1, 0.15) is 11.9 Å². The van der Waals surface area contributed by atoms with Gasteiger partial charge < -0.3 is 20.1 Å².